The third-order valence-electron chi connectivity index (χ3n) is 3.75. The summed E-state index contributed by atoms with van der Waals surface area (Å²) in [6.45, 7) is 1.87. The number of nitrogens with zero attached hydrogens (tertiary/aromatic N) is 3. The van der Waals surface area contributed by atoms with E-state index in [0.29, 0.717) is 17.9 Å². The van der Waals surface area contributed by atoms with Crippen LogP contribution in [0.4, 0.5) is 13.2 Å². The van der Waals surface area contributed by atoms with Crippen molar-refractivity contribution in [1.29, 1.82) is 0 Å². The fourth-order valence-corrected chi connectivity index (χ4v) is 2.71. The summed E-state index contributed by atoms with van der Waals surface area (Å²) in [5, 5.41) is 4.22. The van der Waals surface area contributed by atoms with Gasteiger partial charge in [-0.1, -0.05) is 0 Å². The summed E-state index contributed by atoms with van der Waals surface area (Å²) in [5.41, 5.74) is 3.00. The fraction of sp³-hybridized carbons (Fsp3) is 0.538. The van der Waals surface area contributed by atoms with Gasteiger partial charge >= 0.3 is 6.18 Å². The number of aromatic amines is 1. The van der Waals surface area contributed by atoms with Crippen molar-refractivity contribution in [3.8, 4) is 11.5 Å². The van der Waals surface area contributed by atoms with Gasteiger partial charge in [0, 0.05) is 19.2 Å². The second-order valence-electron chi connectivity index (χ2n) is 5.29. The lowest BCUT2D eigenvalue weighted by molar-refractivity contribution is -0.177. The number of hydrogen-bond donors (Lipinski definition) is 1. The van der Waals surface area contributed by atoms with Gasteiger partial charge in [-0.3, -0.25) is 4.68 Å². The number of imidazole rings is 1. The molecule has 20 heavy (non-hydrogen) atoms. The lowest BCUT2D eigenvalue weighted by Crippen LogP contribution is -2.28. The van der Waals surface area contributed by atoms with Gasteiger partial charge in [0.25, 0.3) is 0 Å². The molecule has 4 nitrogen and oxygen atoms in total. The second-order valence-corrected chi connectivity index (χ2v) is 5.29. The zero-order chi connectivity index (χ0) is 14.5. The molecule has 1 N–H and O–H groups in total. The third kappa shape index (κ3) is 2.21. The van der Waals surface area contributed by atoms with Crippen LogP contribution in [-0.2, 0) is 19.9 Å². The molecule has 1 unspecified atom stereocenters. The first-order valence-electron chi connectivity index (χ1n) is 6.50. The second kappa shape index (κ2) is 4.36. The van der Waals surface area contributed by atoms with Gasteiger partial charge in [-0.05, 0) is 25.8 Å². The van der Waals surface area contributed by atoms with Gasteiger partial charge in [0.1, 0.15) is 5.69 Å². The zero-order valence-corrected chi connectivity index (χ0v) is 11.3. The molecule has 3 rings (SSSR count). The maximum absolute atomic E-state index is 12.8. The van der Waals surface area contributed by atoms with Crippen LogP contribution in [-0.4, -0.2) is 25.9 Å². The molecule has 2 aromatic rings. The Morgan fingerprint density at radius 3 is 2.75 bits per heavy atom. The molecule has 0 aromatic carbocycles. The Hall–Kier alpha value is -1.79. The summed E-state index contributed by atoms with van der Waals surface area (Å²) in [6.07, 6.45) is -3.66. The molecule has 0 aliphatic heterocycles. The molecule has 0 radical (unpaired) electrons. The van der Waals surface area contributed by atoms with Gasteiger partial charge in [0.15, 0.2) is 5.82 Å². The Morgan fingerprint density at radius 2 is 2.15 bits per heavy atom. The van der Waals surface area contributed by atoms with Gasteiger partial charge in [0.05, 0.1) is 17.3 Å². The van der Waals surface area contributed by atoms with Crippen LogP contribution in [0.2, 0.25) is 0 Å². The number of halogens is 3. The van der Waals surface area contributed by atoms with E-state index in [9.17, 15) is 13.2 Å². The average Bonchev–Trinajstić information content (AvgIpc) is 2.89. The molecule has 2 heterocycles. The predicted octanol–water partition coefficient (Wildman–Crippen LogP) is 2.79. The lowest BCUT2D eigenvalue weighted by atomic mass is 9.89. The highest BCUT2D eigenvalue weighted by molar-refractivity contribution is 5.52. The highest BCUT2D eigenvalue weighted by Crippen LogP contribution is 2.37. The van der Waals surface area contributed by atoms with E-state index >= 15 is 0 Å². The van der Waals surface area contributed by atoms with Gasteiger partial charge in [-0.15, -0.1) is 0 Å². The molecule has 2 aromatic heterocycles. The van der Waals surface area contributed by atoms with Gasteiger partial charge in [0.2, 0.25) is 0 Å². The van der Waals surface area contributed by atoms with Gasteiger partial charge in [-0.25, -0.2) is 4.98 Å². The van der Waals surface area contributed by atoms with E-state index in [1.165, 1.54) is 0 Å². The van der Waals surface area contributed by atoms with Crippen LogP contribution in [0, 0.1) is 12.8 Å². The minimum Gasteiger partial charge on any atom is -0.340 e. The molecule has 108 valence electrons. The first-order valence-corrected chi connectivity index (χ1v) is 6.50. The summed E-state index contributed by atoms with van der Waals surface area (Å²) >= 11 is 0. The number of H-pyrrole nitrogens is 1. The number of alkyl halides is 3. The minimum absolute atomic E-state index is 0.0112. The van der Waals surface area contributed by atoms with Crippen LogP contribution in [0.3, 0.4) is 0 Å². The van der Waals surface area contributed by atoms with E-state index in [1.54, 1.807) is 11.7 Å². The minimum atomic E-state index is -4.13. The lowest BCUT2D eigenvalue weighted by Gasteiger charge is -2.23. The van der Waals surface area contributed by atoms with Crippen molar-refractivity contribution < 1.29 is 13.2 Å². The van der Waals surface area contributed by atoms with Crippen molar-refractivity contribution in [2.45, 2.75) is 32.4 Å². The highest BCUT2D eigenvalue weighted by atomic mass is 19.4. The number of rotatable bonds is 1. The largest absolute Gasteiger partial charge is 0.392 e. The smallest absolute Gasteiger partial charge is 0.340 e. The molecule has 0 bridgehead atoms. The fourth-order valence-electron chi connectivity index (χ4n) is 2.71. The maximum atomic E-state index is 12.8. The van der Waals surface area contributed by atoms with Crippen molar-refractivity contribution in [1.82, 2.24) is 19.7 Å². The molecule has 0 amide bonds. The number of hydrogen-bond acceptors (Lipinski definition) is 2. The van der Waals surface area contributed by atoms with Crippen LogP contribution >= 0.6 is 0 Å². The van der Waals surface area contributed by atoms with E-state index in [1.807, 2.05) is 13.0 Å². The van der Waals surface area contributed by atoms with Crippen LogP contribution in [0.15, 0.2) is 6.07 Å². The van der Waals surface area contributed by atoms with Crippen molar-refractivity contribution in [3.63, 3.8) is 0 Å². The van der Waals surface area contributed by atoms with Gasteiger partial charge in [-0.2, -0.15) is 18.3 Å². The summed E-state index contributed by atoms with van der Waals surface area (Å²) in [4.78, 5) is 7.46. The molecule has 0 saturated heterocycles. The first-order chi connectivity index (χ1) is 9.34. The monoisotopic (exact) mass is 284 g/mol. The Labute approximate surface area is 114 Å². The Bertz CT molecular complexity index is 639. The van der Waals surface area contributed by atoms with E-state index in [-0.39, 0.29) is 12.8 Å². The Kier molecular flexibility index (Phi) is 2.88. The number of aryl methyl sites for hydroxylation is 3. The number of aromatic nitrogens is 4. The molecular formula is C13H15F3N4. The molecule has 0 saturated carbocycles. The van der Waals surface area contributed by atoms with Crippen LogP contribution < -0.4 is 0 Å². The van der Waals surface area contributed by atoms with Gasteiger partial charge < -0.3 is 4.98 Å². The number of nitrogens with one attached hydrogen (secondary N) is 1. The van der Waals surface area contributed by atoms with Crippen LogP contribution in [0.25, 0.3) is 11.5 Å². The summed E-state index contributed by atoms with van der Waals surface area (Å²) in [6, 6.07) is 1.87. The topological polar surface area (TPSA) is 46.5 Å². The van der Waals surface area contributed by atoms with E-state index in [0.717, 1.165) is 17.1 Å². The maximum Gasteiger partial charge on any atom is 0.392 e. The van der Waals surface area contributed by atoms with E-state index < -0.39 is 12.1 Å². The van der Waals surface area contributed by atoms with E-state index in [4.69, 9.17) is 0 Å². The molecule has 0 spiro atoms. The summed E-state index contributed by atoms with van der Waals surface area (Å²) < 4.78 is 40.0. The zero-order valence-electron chi connectivity index (χ0n) is 11.3. The highest BCUT2D eigenvalue weighted by Gasteiger charge is 2.42. The SMILES string of the molecule is Cc1cc(-c2nc3c([nH]2)CC(C(F)(F)F)CC3)n(C)n1. The van der Waals surface area contributed by atoms with Crippen molar-refractivity contribution in [2.24, 2.45) is 13.0 Å². The average molecular weight is 284 g/mol. The van der Waals surface area contributed by atoms with Crippen molar-refractivity contribution in [2.75, 3.05) is 0 Å². The molecule has 1 atom stereocenters. The molecular weight excluding hydrogens is 269 g/mol. The van der Waals surface area contributed by atoms with Crippen molar-refractivity contribution in [3.05, 3.63) is 23.1 Å². The van der Waals surface area contributed by atoms with E-state index in [2.05, 4.69) is 15.1 Å². The normalized spacial score (nSPS) is 19.1. The summed E-state index contributed by atoms with van der Waals surface area (Å²) in [7, 11) is 1.79. The number of fused-ring (bicyclic) bond motifs is 1. The third-order valence-corrected chi connectivity index (χ3v) is 3.75. The van der Waals surface area contributed by atoms with Crippen LogP contribution in [0.1, 0.15) is 23.5 Å². The Morgan fingerprint density at radius 1 is 1.40 bits per heavy atom. The molecule has 1 aliphatic rings. The van der Waals surface area contributed by atoms with Crippen LogP contribution in [0.5, 0.6) is 0 Å². The van der Waals surface area contributed by atoms with Crippen molar-refractivity contribution >= 4 is 0 Å². The molecule has 0 fully saturated rings. The summed E-state index contributed by atoms with van der Waals surface area (Å²) in [5.74, 6) is -0.669. The standard InChI is InChI=1S/C13H15F3N4/c1-7-5-11(20(2)19-7)12-17-9-4-3-8(13(14,15)16)6-10(9)18-12/h5,8H,3-4,6H2,1-2H3,(H,17,18). The first kappa shape index (κ1) is 13.2. The molecule has 1 aliphatic carbocycles. The molecule has 7 heteroatoms. The predicted molar refractivity (Wildman–Crippen MR) is 67.1 cm³/mol. The Balaban J connectivity index is 1.93. The quantitative estimate of drug-likeness (QED) is 0.875.